The Morgan fingerprint density at radius 3 is 0.822 bits per heavy atom. The molecule has 0 unspecified atom stereocenters. The van der Waals surface area contributed by atoms with Gasteiger partial charge in [0.15, 0.2) is 5.92 Å². The van der Waals surface area contributed by atoms with Crippen molar-refractivity contribution >= 4 is 17.3 Å². The van der Waals surface area contributed by atoms with Crippen molar-refractivity contribution in [1.82, 2.24) is 0 Å². The van der Waals surface area contributed by atoms with E-state index in [2.05, 4.69) is 27.8 Å². The maximum Gasteiger partial charge on any atom is 0.451 e. The van der Waals surface area contributed by atoms with E-state index in [1.807, 2.05) is 0 Å². The zero-order chi connectivity index (χ0) is 35.2. The van der Waals surface area contributed by atoms with E-state index in [0.717, 1.165) is 0 Å². The van der Waals surface area contributed by atoms with Crippen LogP contribution in [0.2, 0.25) is 0 Å². The van der Waals surface area contributed by atoms with Gasteiger partial charge in [-0.2, -0.15) is 39.5 Å². The highest BCUT2D eigenvalue weighted by atomic mass is 19.4. The van der Waals surface area contributed by atoms with Gasteiger partial charge in [0.1, 0.15) is 0 Å². The molecule has 0 fully saturated rings. The molecule has 0 rings (SSSR count). The van der Waals surface area contributed by atoms with Gasteiger partial charge >= 0.3 is 18.5 Å². The van der Waals surface area contributed by atoms with Crippen LogP contribution in [0.3, 0.4) is 0 Å². The van der Waals surface area contributed by atoms with Crippen molar-refractivity contribution in [3.63, 3.8) is 0 Å². The monoisotopic (exact) mass is 672 g/mol. The van der Waals surface area contributed by atoms with Crippen LogP contribution in [0.25, 0.3) is 0 Å². The van der Waals surface area contributed by atoms with Crippen LogP contribution in [0, 0.1) is 5.92 Å². The zero-order valence-electron chi connectivity index (χ0n) is 27.5. The summed E-state index contributed by atoms with van der Waals surface area (Å²) in [6, 6.07) is 0. The highest BCUT2D eigenvalue weighted by Crippen LogP contribution is 2.32. The van der Waals surface area contributed by atoms with E-state index in [1.54, 1.807) is 0 Å². The Balaban J connectivity index is 0. The molecule has 0 aliphatic rings. The lowest BCUT2D eigenvalue weighted by Crippen LogP contribution is -2.49. The third-order valence-corrected chi connectivity index (χ3v) is 7.78. The summed E-state index contributed by atoms with van der Waals surface area (Å²) < 4.78 is 108. The first-order chi connectivity index (χ1) is 20.8. The van der Waals surface area contributed by atoms with E-state index < -0.39 is 41.8 Å². The fourth-order valence-corrected chi connectivity index (χ4v) is 5.01. The molecule has 268 valence electrons. The summed E-state index contributed by atoms with van der Waals surface area (Å²) in [7, 11) is 2.56. The first kappa shape index (κ1) is 45.5. The zero-order valence-corrected chi connectivity index (χ0v) is 27.5. The van der Waals surface area contributed by atoms with Gasteiger partial charge in [0.25, 0.3) is 17.3 Å². The standard InChI is InChI=1S/C25H54N.C7HF9O3/c1-5-8-11-14-17-20-23-26(4,24-21-18-15-12-9-6-2)25-22-19-16-13-10-7-3;8-5(9,10)2(17)1(3(18)6(11,12)13)4(19)7(14,15)16/h5-25H2,1-4H3;1H/q+1;. The van der Waals surface area contributed by atoms with Gasteiger partial charge in [0, 0.05) is 0 Å². The molecule has 0 spiro atoms. The first-order valence-electron chi connectivity index (χ1n) is 16.4. The summed E-state index contributed by atoms with van der Waals surface area (Å²) in [6.45, 7) is 11.2. The van der Waals surface area contributed by atoms with Crippen LogP contribution in [0.4, 0.5) is 39.5 Å². The molecular formula is C32H55F9NO3+. The molecule has 0 atom stereocenters. The molecule has 0 aromatic rings. The average Bonchev–Trinajstić information content (AvgIpc) is 2.93. The van der Waals surface area contributed by atoms with E-state index in [0.29, 0.717) is 0 Å². The molecule has 0 saturated heterocycles. The molecule has 0 amide bonds. The third-order valence-electron chi connectivity index (χ3n) is 7.78. The lowest BCUT2D eigenvalue weighted by molar-refractivity contribution is -0.910. The summed E-state index contributed by atoms with van der Waals surface area (Å²) in [4.78, 5) is 31.1. The Kier molecular flexibility index (Phi) is 23.9. The minimum Gasteiger partial charge on any atom is -0.326 e. The number of rotatable bonds is 24. The predicted octanol–water partition coefficient (Wildman–Crippen LogP) is 10.5. The fraction of sp³-hybridized carbons (Fsp3) is 0.906. The molecule has 4 nitrogen and oxygen atoms in total. The van der Waals surface area contributed by atoms with Gasteiger partial charge in [-0.3, -0.25) is 14.4 Å². The normalized spacial score (nSPS) is 12.7. The largest absolute Gasteiger partial charge is 0.451 e. The predicted molar refractivity (Wildman–Crippen MR) is 158 cm³/mol. The van der Waals surface area contributed by atoms with Crippen LogP contribution in [-0.4, -0.2) is 67.0 Å². The van der Waals surface area contributed by atoms with Crippen LogP contribution < -0.4 is 0 Å². The first-order valence-corrected chi connectivity index (χ1v) is 16.4. The quantitative estimate of drug-likeness (QED) is 0.0444. The highest BCUT2D eigenvalue weighted by molar-refractivity contribution is 6.23. The van der Waals surface area contributed by atoms with Crippen molar-refractivity contribution in [3.8, 4) is 0 Å². The summed E-state index contributed by atoms with van der Waals surface area (Å²) in [5.74, 6) is -15.7. The highest BCUT2D eigenvalue weighted by Gasteiger charge is 2.61. The van der Waals surface area contributed by atoms with Gasteiger partial charge in [-0.05, 0) is 38.5 Å². The Morgan fingerprint density at radius 1 is 0.422 bits per heavy atom. The second-order valence-electron chi connectivity index (χ2n) is 12.1. The summed E-state index contributed by atoms with van der Waals surface area (Å²) >= 11 is 0. The number of quaternary nitrogens is 1. The molecule has 0 heterocycles. The maximum absolute atomic E-state index is 11.8. The van der Waals surface area contributed by atoms with Gasteiger partial charge in [0.2, 0.25) is 0 Å². The molecule has 0 bridgehead atoms. The molecule has 45 heavy (non-hydrogen) atoms. The van der Waals surface area contributed by atoms with E-state index in [1.165, 1.54) is 140 Å². The number of carbonyl (C=O) groups excluding carboxylic acids is 3. The fourth-order valence-electron chi connectivity index (χ4n) is 5.01. The average molecular weight is 673 g/mol. The summed E-state index contributed by atoms with van der Waals surface area (Å²) in [5, 5.41) is 0. The number of unbranched alkanes of at least 4 members (excludes halogenated alkanes) is 15. The number of hydrogen-bond acceptors (Lipinski definition) is 3. The minimum absolute atomic E-state index is 1.36. The van der Waals surface area contributed by atoms with Crippen LogP contribution in [0.5, 0.6) is 0 Å². The van der Waals surface area contributed by atoms with Crippen LogP contribution in [0.1, 0.15) is 136 Å². The third kappa shape index (κ3) is 22.5. The topological polar surface area (TPSA) is 51.2 Å². The number of carbonyl (C=O) groups is 3. The van der Waals surface area contributed by atoms with Crippen LogP contribution in [0.15, 0.2) is 0 Å². The van der Waals surface area contributed by atoms with E-state index in [-0.39, 0.29) is 0 Å². The Bertz CT molecular complexity index is 707. The van der Waals surface area contributed by atoms with Crippen molar-refractivity contribution in [2.24, 2.45) is 5.92 Å². The van der Waals surface area contributed by atoms with E-state index >= 15 is 0 Å². The van der Waals surface area contributed by atoms with Gasteiger partial charge in [0.05, 0.1) is 26.7 Å². The molecule has 0 aromatic carbocycles. The lowest BCUT2D eigenvalue weighted by Gasteiger charge is -2.35. The molecule has 0 N–H and O–H groups in total. The molecular weight excluding hydrogens is 617 g/mol. The molecule has 0 aliphatic carbocycles. The Labute approximate surface area is 263 Å². The van der Waals surface area contributed by atoms with Crippen LogP contribution >= 0.6 is 0 Å². The van der Waals surface area contributed by atoms with Crippen molar-refractivity contribution in [2.45, 2.75) is 155 Å². The van der Waals surface area contributed by atoms with E-state index in [9.17, 15) is 53.9 Å². The van der Waals surface area contributed by atoms with Crippen molar-refractivity contribution in [2.75, 3.05) is 26.7 Å². The van der Waals surface area contributed by atoms with Crippen molar-refractivity contribution in [3.05, 3.63) is 0 Å². The second kappa shape index (κ2) is 23.6. The van der Waals surface area contributed by atoms with Gasteiger partial charge in [-0.1, -0.05) is 97.8 Å². The number of alkyl halides is 9. The number of halogens is 9. The maximum atomic E-state index is 11.8. The Morgan fingerprint density at radius 2 is 0.622 bits per heavy atom. The number of ketones is 3. The summed E-state index contributed by atoms with van der Waals surface area (Å²) in [5.41, 5.74) is 0. The number of nitrogens with zero attached hydrogens (tertiary/aromatic N) is 1. The summed E-state index contributed by atoms with van der Waals surface area (Å²) in [6.07, 6.45) is 7.25. The number of hydrogen-bond donors (Lipinski definition) is 0. The van der Waals surface area contributed by atoms with Crippen molar-refractivity contribution < 1.29 is 58.4 Å². The molecule has 0 radical (unpaired) electrons. The minimum atomic E-state index is -6.20. The SMILES string of the molecule is CCCCCCCC[N+](C)(CCCCCCCC)CCCCCCCC.O=C(C(C(=O)C(F)(F)F)C(=O)C(F)(F)F)C(F)(F)F. The molecule has 13 heteroatoms. The number of Topliss-reactive ketones (excluding diaryl/α,β-unsaturated/α-hetero) is 3. The molecule has 0 aliphatic heterocycles. The molecule has 0 aromatic heterocycles. The van der Waals surface area contributed by atoms with Crippen molar-refractivity contribution in [1.29, 1.82) is 0 Å². The second-order valence-corrected chi connectivity index (χ2v) is 12.1. The molecule has 0 saturated carbocycles. The Hall–Kier alpha value is -1.66. The van der Waals surface area contributed by atoms with Gasteiger partial charge < -0.3 is 4.48 Å². The smallest absolute Gasteiger partial charge is 0.326 e. The van der Waals surface area contributed by atoms with Crippen LogP contribution in [-0.2, 0) is 14.4 Å². The lowest BCUT2D eigenvalue weighted by atomic mass is 9.92. The van der Waals surface area contributed by atoms with Gasteiger partial charge in [-0.15, -0.1) is 0 Å². The van der Waals surface area contributed by atoms with E-state index in [4.69, 9.17) is 0 Å². The van der Waals surface area contributed by atoms with Gasteiger partial charge in [-0.25, -0.2) is 0 Å².